The lowest BCUT2D eigenvalue weighted by atomic mass is 10.1. The Labute approximate surface area is 147 Å². The lowest BCUT2D eigenvalue weighted by Gasteiger charge is -2.27. The highest BCUT2D eigenvalue weighted by molar-refractivity contribution is 5.93. The van der Waals surface area contributed by atoms with Crippen LogP contribution in [-0.4, -0.2) is 51.9 Å². The maximum atomic E-state index is 12.6. The average Bonchev–Trinajstić information content (AvgIpc) is 2.89. The van der Waals surface area contributed by atoms with Gasteiger partial charge >= 0.3 is 0 Å². The third-order valence-corrected chi connectivity index (χ3v) is 4.78. The molecule has 1 saturated heterocycles. The number of pyridine rings is 2. The zero-order chi connectivity index (χ0) is 17.6. The van der Waals surface area contributed by atoms with Gasteiger partial charge < -0.3 is 9.88 Å². The smallest absolute Gasteiger partial charge is 0.255 e. The average molecular weight is 340 g/mol. The fourth-order valence-corrected chi connectivity index (χ4v) is 3.33. The van der Waals surface area contributed by atoms with Gasteiger partial charge in [0.15, 0.2) is 0 Å². The predicted molar refractivity (Wildman–Crippen MR) is 96.3 cm³/mol. The van der Waals surface area contributed by atoms with E-state index in [1.54, 1.807) is 6.07 Å². The molecule has 0 radical (unpaired) electrons. The third kappa shape index (κ3) is 4.54. The summed E-state index contributed by atoms with van der Waals surface area (Å²) in [6, 6.07) is 9.41. The molecule has 3 rings (SSSR count). The third-order valence-electron chi connectivity index (χ3n) is 4.78. The number of nitrogens with one attached hydrogen (secondary N) is 1. The van der Waals surface area contributed by atoms with E-state index in [0.29, 0.717) is 11.6 Å². The van der Waals surface area contributed by atoms with Gasteiger partial charge in [0, 0.05) is 44.1 Å². The molecule has 6 nitrogen and oxygen atoms in total. The Kier molecular flexibility index (Phi) is 5.60. The van der Waals surface area contributed by atoms with Crippen molar-refractivity contribution in [1.82, 2.24) is 19.8 Å². The number of amides is 1. The molecule has 1 fully saturated rings. The van der Waals surface area contributed by atoms with Crippen LogP contribution in [0.15, 0.2) is 47.5 Å². The summed E-state index contributed by atoms with van der Waals surface area (Å²) in [5, 5.41) is 0. The minimum absolute atomic E-state index is 0.00993. The summed E-state index contributed by atoms with van der Waals surface area (Å²) in [5.74, 6) is -0.00993. The predicted octanol–water partition coefficient (Wildman–Crippen LogP) is 1.90. The molecule has 1 N–H and O–H groups in total. The van der Waals surface area contributed by atoms with Gasteiger partial charge in [-0.3, -0.25) is 19.5 Å². The second kappa shape index (κ2) is 8.07. The molecule has 1 unspecified atom stereocenters. The maximum absolute atomic E-state index is 12.6. The molecule has 1 amide bonds. The van der Waals surface area contributed by atoms with Crippen molar-refractivity contribution in [2.75, 3.05) is 20.1 Å². The van der Waals surface area contributed by atoms with Gasteiger partial charge in [0.2, 0.25) is 5.56 Å². The van der Waals surface area contributed by atoms with Gasteiger partial charge in [-0.2, -0.15) is 0 Å². The number of hydrogen-bond donors (Lipinski definition) is 1. The van der Waals surface area contributed by atoms with Gasteiger partial charge in [-0.15, -0.1) is 0 Å². The van der Waals surface area contributed by atoms with Gasteiger partial charge in [-0.05, 0) is 44.5 Å². The van der Waals surface area contributed by atoms with Crippen molar-refractivity contribution in [3.63, 3.8) is 0 Å². The summed E-state index contributed by atoms with van der Waals surface area (Å²) in [6.45, 7) is 2.31. The molecule has 0 saturated carbocycles. The number of aromatic amines is 1. The van der Waals surface area contributed by atoms with Crippen LogP contribution in [0.25, 0.3) is 0 Å². The van der Waals surface area contributed by atoms with Gasteiger partial charge in [0.05, 0.1) is 11.3 Å². The molecule has 132 valence electrons. The van der Waals surface area contributed by atoms with Crippen molar-refractivity contribution in [2.45, 2.75) is 31.8 Å². The van der Waals surface area contributed by atoms with Crippen molar-refractivity contribution < 1.29 is 4.79 Å². The summed E-state index contributed by atoms with van der Waals surface area (Å²) in [4.78, 5) is 34.9. The largest absolute Gasteiger partial charge is 0.339 e. The molecule has 0 aliphatic carbocycles. The molecule has 1 atom stereocenters. The fourth-order valence-electron chi connectivity index (χ4n) is 3.33. The van der Waals surface area contributed by atoms with E-state index >= 15 is 0 Å². The zero-order valence-electron chi connectivity index (χ0n) is 14.5. The Bertz CT molecular complexity index is 739. The van der Waals surface area contributed by atoms with E-state index in [9.17, 15) is 9.59 Å². The minimum atomic E-state index is -0.191. The van der Waals surface area contributed by atoms with Crippen LogP contribution in [0.4, 0.5) is 0 Å². The number of carbonyl (C=O) groups is 1. The van der Waals surface area contributed by atoms with E-state index < -0.39 is 0 Å². The zero-order valence-corrected chi connectivity index (χ0v) is 14.5. The second-order valence-electron chi connectivity index (χ2n) is 6.55. The van der Waals surface area contributed by atoms with E-state index in [1.165, 1.54) is 12.3 Å². The molecule has 3 heterocycles. The van der Waals surface area contributed by atoms with Crippen LogP contribution in [0.2, 0.25) is 0 Å². The Morgan fingerprint density at radius 3 is 2.88 bits per heavy atom. The lowest BCUT2D eigenvalue weighted by Crippen LogP contribution is -2.35. The van der Waals surface area contributed by atoms with Gasteiger partial charge in [0.25, 0.3) is 5.91 Å². The Hall–Kier alpha value is -2.47. The van der Waals surface area contributed by atoms with Gasteiger partial charge in [0.1, 0.15) is 0 Å². The summed E-state index contributed by atoms with van der Waals surface area (Å²) in [5.41, 5.74) is 1.42. The molecule has 6 heteroatoms. The van der Waals surface area contributed by atoms with Gasteiger partial charge in [-0.1, -0.05) is 6.07 Å². The van der Waals surface area contributed by atoms with Crippen molar-refractivity contribution >= 4 is 5.91 Å². The Morgan fingerprint density at radius 2 is 2.16 bits per heavy atom. The van der Waals surface area contributed by atoms with Crippen LogP contribution in [0, 0.1) is 0 Å². The van der Waals surface area contributed by atoms with Crippen LogP contribution < -0.4 is 5.56 Å². The lowest BCUT2D eigenvalue weighted by molar-refractivity contribution is 0.0757. The van der Waals surface area contributed by atoms with E-state index in [1.807, 2.05) is 29.3 Å². The first-order valence-electron chi connectivity index (χ1n) is 8.71. The highest BCUT2D eigenvalue weighted by Gasteiger charge is 2.24. The first-order chi connectivity index (χ1) is 12.1. The van der Waals surface area contributed by atoms with Gasteiger partial charge in [-0.25, -0.2) is 0 Å². The molecule has 2 aromatic rings. The van der Waals surface area contributed by atoms with Crippen LogP contribution in [0.1, 0.15) is 35.3 Å². The summed E-state index contributed by atoms with van der Waals surface area (Å²) < 4.78 is 0. The number of H-pyrrole nitrogens is 1. The van der Waals surface area contributed by atoms with Crippen LogP contribution in [0.5, 0.6) is 0 Å². The number of likely N-dealkylation sites (tertiary alicyclic amines) is 1. The van der Waals surface area contributed by atoms with E-state index in [2.05, 4.69) is 21.9 Å². The highest BCUT2D eigenvalue weighted by atomic mass is 16.2. The normalized spacial score (nSPS) is 18.2. The number of rotatable bonds is 4. The Balaban J connectivity index is 1.59. The molecule has 25 heavy (non-hydrogen) atoms. The van der Waals surface area contributed by atoms with Crippen molar-refractivity contribution in [3.05, 3.63) is 64.3 Å². The maximum Gasteiger partial charge on any atom is 0.255 e. The highest BCUT2D eigenvalue weighted by Crippen LogP contribution is 2.18. The summed E-state index contributed by atoms with van der Waals surface area (Å²) >= 11 is 0. The minimum Gasteiger partial charge on any atom is -0.339 e. The first kappa shape index (κ1) is 17.4. The SMILES string of the molecule is CN(Cc1ccccn1)C1CCCN(C(=O)c2ccc(=O)[nH]c2)CC1. The molecule has 1 aliphatic rings. The van der Waals surface area contributed by atoms with Crippen molar-refractivity contribution in [2.24, 2.45) is 0 Å². The monoisotopic (exact) mass is 340 g/mol. The molecular formula is C19H24N4O2. The quantitative estimate of drug-likeness (QED) is 0.923. The van der Waals surface area contributed by atoms with Crippen molar-refractivity contribution in [3.8, 4) is 0 Å². The summed E-state index contributed by atoms with van der Waals surface area (Å²) in [7, 11) is 2.12. The number of carbonyl (C=O) groups excluding carboxylic acids is 1. The second-order valence-corrected chi connectivity index (χ2v) is 6.55. The molecule has 0 aromatic carbocycles. The van der Waals surface area contributed by atoms with E-state index in [4.69, 9.17) is 0 Å². The van der Waals surface area contributed by atoms with Crippen LogP contribution in [0.3, 0.4) is 0 Å². The molecular weight excluding hydrogens is 316 g/mol. The van der Waals surface area contributed by atoms with Crippen LogP contribution >= 0.6 is 0 Å². The molecule has 0 spiro atoms. The van der Waals surface area contributed by atoms with Crippen molar-refractivity contribution in [1.29, 1.82) is 0 Å². The van der Waals surface area contributed by atoms with Crippen LogP contribution in [-0.2, 0) is 6.54 Å². The Morgan fingerprint density at radius 1 is 1.28 bits per heavy atom. The number of nitrogens with zero attached hydrogens (tertiary/aromatic N) is 3. The summed E-state index contributed by atoms with van der Waals surface area (Å²) in [6.07, 6.45) is 6.31. The number of hydrogen-bond acceptors (Lipinski definition) is 4. The van der Waals surface area contributed by atoms with E-state index in [-0.39, 0.29) is 11.5 Å². The molecule has 1 aliphatic heterocycles. The first-order valence-corrected chi connectivity index (χ1v) is 8.71. The topological polar surface area (TPSA) is 69.3 Å². The molecule has 0 bridgehead atoms. The molecule has 2 aromatic heterocycles. The standard InChI is InChI=1S/C19H24N4O2/c1-22(14-16-5-2-3-10-20-16)17-6-4-11-23(12-9-17)19(25)15-7-8-18(24)21-13-15/h2-3,5,7-8,10,13,17H,4,6,9,11-12,14H2,1H3,(H,21,24). The number of aromatic nitrogens is 2. The van der Waals surface area contributed by atoms with E-state index in [0.717, 1.165) is 44.6 Å². The fraction of sp³-hybridized carbons (Fsp3) is 0.421.